The molecule has 1 fully saturated rings. The van der Waals surface area contributed by atoms with Gasteiger partial charge in [0.2, 0.25) is 0 Å². The Kier molecular flexibility index (Phi) is 3.29. The molecule has 1 aliphatic rings. The first-order valence-corrected chi connectivity index (χ1v) is 6.78. The van der Waals surface area contributed by atoms with E-state index < -0.39 is 0 Å². The zero-order valence-electron chi connectivity index (χ0n) is 9.68. The van der Waals surface area contributed by atoms with Gasteiger partial charge in [0.1, 0.15) is 0 Å². The number of rotatable bonds is 4. The van der Waals surface area contributed by atoms with Crippen LogP contribution >= 0.6 is 11.3 Å². The second kappa shape index (κ2) is 4.52. The summed E-state index contributed by atoms with van der Waals surface area (Å²) in [6.07, 6.45) is 6.89. The van der Waals surface area contributed by atoms with Crippen LogP contribution in [0.4, 0.5) is 5.13 Å². The summed E-state index contributed by atoms with van der Waals surface area (Å²) in [7, 11) is 0. The molecule has 0 saturated heterocycles. The molecule has 1 saturated carbocycles. The fourth-order valence-corrected chi connectivity index (χ4v) is 3.17. The van der Waals surface area contributed by atoms with E-state index in [0.717, 1.165) is 17.4 Å². The van der Waals surface area contributed by atoms with E-state index in [1.165, 1.54) is 32.1 Å². The molecule has 0 aliphatic heterocycles. The molecular formula is C12H20N2S. The number of aryl methyl sites for hydroxylation is 1. The predicted octanol–water partition coefficient (Wildman–Crippen LogP) is 3.83. The van der Waals surface area contributed by atoms with Gasteiger partial charge in [-0.3, -0.25) is 0 Å². The number of nitrogens with zero attached hydrogens (tertiary/aromatic N) is 1. The fraction of sp³-hybridized carbons (Fsp3) is 0.750. The van der Waals surface area contributed by atoms with Crippen LogP contribution in [0.15, 0.2) is 5.38 Å². The maximum absolute atomic E-state index is 4.44. The van der Waals surface area contributed by atoms with E-state index in [9.17, 15) is 0 Å². The number of anilines is 1. The van der Waals surface area contributed by atoms with E-state index in [4.69, 9.17) is 0 Å². The quantitative estimate of drug-likeness (QED) is 0.840. The summed E-state index contributed by atoms with van der Waals surface area (Å²) in [5, 5.41) is 6.70. The van der Waals surface area contributed by atoms with Gasteiger partial charge in [-0.1, -0.05) is 19.8 Å². The summed E-state index contributed by atoms with van der Waals surface area (Å²) in [5.74, 6) is 0. The highest BCUT2D eigenvalue weighted by atomic mass is 32.1. The number of hydrogen-bond acceptors (Lipinski definition) is 3. The van der Waals surface area contributed by atoms with Crippen LogP contribution in [0.2, 0.25) is 0 Å². The third-order valence-corrected chi connectivity index (χ3v) is 4.57. The minimum atomic E-state index is 0.555. The maximum atomic E-state index is 4.44. The third kappa shape index (κ3) is 2.51. The molecule has 2 nitrogen and oxygen atoms in total. The van der Waals surface area contributed by atoms with Crippen molar-refractivity contribution in [3.63, 3.8) is 0 Å². The van der Waals surface area contributed by atoms with Gasteiger partial charge in [-0.2, -0.15) is 0 Å². The van der Waals surface area contributed by atoms with E-state index >= 15 is 0 Å². The third-order valence-electron chi connectivity index (χ3n) is 3.65. The van der Waals surface area contributed by atoms with Crippen molar-refractivity contribution in [3.8, 4) is 0 Å². The molecule has 0 spiro atoms. The van der Waals surface area contributed by atoms with Gasteiger partial charge in [-0.15, -0.1) is 11.3 Å². The summed E-state index contributed by atoms with van der Waals surface area (Å²) in [6.45, 7) is 5.48. The van der Waals surface area contributed by atoms with Crippen LogP contribution in [0.3, 0.4) is 0 Å². The van der Waals surface area contributed by atoms with E-state index in [1.54, 1.807) is 11.3 Å². The van der Waals surface area contributed by atoms with Gasteiger partial charge in [0.05, 0.1) is 5.69 Å². The molecule has 1 aromatic rings. The Hall–Kier alpha value is -0.570. The van der Waals surface area contributed by atoms with Gasteiger partial charge in [0.25, 0.3) is 0 Å². The Bertz CT molecular complexity index is 313. The Labute approximate surface area is 96.1 Å². The van der Waals surface area contributed by atoms with Crippen LogP contribution in [0.5, 0.6) is 0 Å². The monoisotopic (exact) mass is 224 g/mol. The average molecular weight is 224 g/mol. The van der Waals surface area contributed by atoms with Gasteiger partial charge < -0.3 is 5.32 Å². The van der Waals surface area contributed by atoms with Gasteiger partial charge in [-0.25, -0.2) is 4.98 Å². The van der Waals surface area contributed by atoms with E-state index in [1.807, 2.05) is 6.92 Å². The molecule has 84 valence electrons. The van der Waals surface area contributed by atoms with Crippen molar-refractivity contribution in [3.05, 3.63) is 11.1 Å². The molecular weight excluding hydrogens is 204 g/mol. The normalized spacial score (nSPS) is 19.3. The minimum Gasteiger partial charge on any atom is -0.361 e. The second-order valence-electron chi connectivity index (χ2n) is 4.71. The largest absolute Gasteiger partial charge is 0.361 e. The van der Waals surface area contributed by atoms with Crippen molar-refractivity contribution in [2.24, 2.45) is 5.41 Å². The molecule has 0 aromatic carbocycles. The number of aromatic nitrogens is 1. The van der Waals surface area contributed by atoms with Gasteiger partial charge in [-0.05, 0) is 31.6 Å². The van der Waals surface area contributed by atoms with Crippen LogP contribution in [0.1, 0.15) is 44.7 Å². The first-order chi connectivity index (χ1) is 7.24. The molecule has 1 aliphatic carbocycles. The summed E-state index contributed by atoms with van der Waals surface area (Å²) >= 11 is 1.72. The molecule has 0 amide bonds. The average Bonchev–Trinajstić information content (AvgIpc) is 2.85. The molecule has 2 rings (SSSR count). The lowest BCUT2D eigenvalue weighted by atomic mass is 9.83. The molecule has 0 atom stereocenters. The van der Waals surface area contributed by atoms with Crippen molar-refractivity contribution in [2.45, 2.75) is 46.0 Å². The van der Waals surface area contributed by atoms with Crippen molar-refractivity contribution in [1.29, 1.82) is 0 Å². The summed E-state index contributed by atoms with van der Waals surface area (Å²) in [5.41, 5.74) is 1.68. The molecule has 0 unspecified atom stereocenters. The fourth-order valence-electron chi connectivity index (χ4n) is 2.48. The maximum Gasteiger partial charge on any atom is 0.182 e. The first kappa shape index (κ1) is 10.9. The van der Waals surface area contributed by atoms with Gasteiger partial charge >= 0.3 is 0 Å². The van der Waals surface area contributed by atoms with Crippen LogP contribution in [-0.2, 0) is 0 Å². The van der Waals surface area contributed by atoms with Crippen LogP contribution in [-0.4, -0.2) is 11.5 Å². The molecule has 1 heterocycles. The zero-order valence-corrected chi connectivity index (χ0v) is 10.5. The van der Waals surface area contributed by atoms with Crippen molar-refractivity contribution >= 4 is 16.5 Å². The second-order valence-corrected chi connectivity index (χ2v) is 5.57. The van der Waals surface area contributed by atoms with Crippen molar-refractivity contribution in [1.82, 2.24) is 4.98 Å². The predicted molar refractivity (Wildman–Crippen MR) is 66.5 cm³/mol. The first-order valence-electron chi connectivity index (χ1n) is 5.90. The summed E-state index contributed by atoms with van der Waals surface area (Å²) < 4.78 is 0. The molecule has 0 bridgehead atoms. The lowest BCUT2D eigenvalue weighted by Crippen LogP contribution is -2.25. The number of thiazole rings is 1. The van der Waals surface area contributed by atoms with Crippen LogP contribution in [0, 0.1) is 12.3 Å². The van der Waals surface area contributed by atoms with Crippen LogP contribution in [0.25, 0.3) is 0 Å². The summed E-state index contributed by atoms with van der Waals surface area (Å²) in [4.78, 5) is 4.44. The molecule has 3 heteroatoms. The van der Waals surface area contributed by atoms with E-state index in [0.29, 0.717) is 5.41 Å². The number of hydrogen-bond donors (Lipinski definition) is 1. The Balaban J connectivity index is 1.91. The highest BCUT2D eigenvalue weighted by molar-refractivity contribution is 7.13. The molecule has 0 radical (unpaired) electrons. The molecule has 1 N–H and O–H groups in total. The lowest BCUT2D eigenvalue weighted by molar-refractivity contribution is 0.307. The van der Waals surface area contributed by atoms with E-state index in [2.05, 4.69) is 22.6 Å². The molecule has 15 heavy (non-hydrogen) atoms. The Morgan fingerprint density at radius 2 is 2.20 bits per heavy atom. The standard InChI is InChI=1S/C12H20N2S/c1-3-12(6-4-5-7-12)9-13-11-14-10(2)8-15-11/h8H,3-7,9H2,1-2H3,(H,13,14). The van der Waals surface area contributed by atoms with Crippen molar-refractivity contribution < 1.29 is 0 Å². The Morgan fingerprint density at radius 3 is 2.73 bits per heavy atom. The summed E-state index contributed by atoms with van der Waals surface area (Å²) in [6, 6.07) is 0. The van der Waals surface area contributed by atoms with Crippen LogP contribution < -0.4 is 5.32 Å². The van der Waals surface area contributed by atoms with Crippen molar-refractivity contribution in [2.75, 3.05) is 11.9 Å². The Morgan fingerprint density at radius 1 is 1.47 bits per heavy atom. The molecule has 1 aromatic heterocycles. The highest BCUT2D eigenvalue weighted by Crippen LogP contribution is 2.41. The van der Waals surface area contributed by atoms with E-state index in [-0.39, 0.29) is 0 Å². The minimum absolute atomic E-state index is 0.555. The zero-order chi connectivity index (χ0) is 10.7. The lowest BCUT2D eigenvalue weighted by Gasteiger charge is -2.27. The smallest absolute Gasteiger partial charge is 0.182 e. The SMILES string of the molecule is CCC1(CNc2nc(C)cs2)CCCC1. The van der Waals surface area contributed by atoms with Gasteiger partial charge in [0.15, 0.2) is 5.13 Å². The number of nitrogens with one attached hydrogen (secondary N) is 1. The highest BCUT2D eigenvalue weighted by Gasteiger charge is 2.31. The van der Waals surface area contributed by atoms with Gasteiger partial charge in [0, 0.05) is 11.9 Å². The topological polar surface area (TPSA) is 24.9 Å².